The second-order valence-electron chi connectivity index (χ2n) is 10.4. The molecule has 12 heteroatoms. The number of hydrogen-bond acceptors (Lipinski definition) is 9. The van der Waals surface area contributed by atoms with E-state index in [1.807, 2.05) is 76.7 Å². The quantitative estimate of drug-likeness (QED) is 0.170. The van der Waals surface area contributed by atoms with Crippen molar-refractivity contribution < 1.29 is 19.1 Å². The van der Waals surface area contributed by atoms with Crippen LogP contribution in [0.1, 0.15) is 44.6 Å². The van der Waals surface area contributed by atoms with Gasteiger partial charge in [0.1, 0.15) is 11.5 Å². The SMILES string of the molecule is COc1ccc(C(=O)NCc2nnc(SCC(=O)N3N=C(c4cccs4)C[C@H]3c3ccc(OC)cc3)n2Cc2ccccc2)cc1. The standard InChI is InChI=1S/C34H32N6O4S2/c1-43-26-14-10-24(11-15-26)29-19-28(30-9-6-18-45-30)38-40(29)32(41)22-46-34-37-36-31(39(34)21-23-7-4-3-5-8-23)20-35-33(42)25-12-16-27(44-2)17-13-25/h3-18,29H,19-22H2,1-2H3,(H,35,42)/t29-/m0/s1. The van der Waals surface area contributed by atoms with Gasteiger partial charge in [0.05, 0.1) is 49.7 Å². The van der Waals surface area contributed by atoms with Crippen LogP contribution >= 0.6 is 23.1 Å². The monoisotopic (exact) mass is 652 g/mol. The summed E-state index contributed by atoms with van der Waals surface area (Å²) >= 11 is 2.91. The third-order valence-corrected chi connectivity index (χ3v) is 9.40. The molecule has 234 valence electrons. The number of hydrogen-bond donors (Lipinski definition) is 1. The van der Waals surface area contributed by atoms with Gasteiger partial charge in [0, 0.05) is 12.0 Å². The number of methoxy groups -OCH3 is 2. The van der Waals surface area contributed by atoms with Gasteiger partial charge in [0.25, 0.3) is 11.8 Å². The number of hydrazone groups is 1. The molecule has 1 atom stereocenters. The van der Waals surface area contributed by atoms with Crippen LogP contribution in [0.2, 0.25) is 0 Å². The molecule has 0 saturated carbocycles. The first-order chi connectivity index (χ1) is 22.5. The fourth-order valence-corrected chi connectivity index (χ4v) is 6.63. The molecule has 1 aliphatic rings. The molecule has 3 aromatic carbocycles. The Morgan fingerprint density at radius 2 is 1.63 bits per heavy atom. The van der Waals surface area contributed by atoms with Crippen molar-refractivity contribution >= 4 is 40.6 Å². The summed E-state index contributed by atoms with van der Waals surface area (Å²) in [6.07, 6.45) is 0.617. The molecule has 0 bridgehead atoms. The van der Waals surface area contributed by atoms with Gasteiger partial charge in [0.15, 0.2) is 11.0 Å². The predicted molar refractivity (Wildman–Crippen MR) is 179 cm³/mol. The summed E-state index contributed by atoms with van der Waals surface area (Å²) < 4.78 is 12.5. The molecular weight excluding hydrogens is 621 g/mol. The van der Waals surface area contributed by atoms with E-state index >= 15 is 0 Å². The molecule has 0 aliphatic carbocycles. The largest absolute Gasteiger partial charge is 0.497 e. The maximum atomic E-state index is 13.8. The van der Waals surface area contributed by atoms with E-state index in [1.165, 1.54) is 11.8 Å². The van der Waals surface area contributed by atoms with E-state index in [9.17, 15) is 9.59 Å². The van der Waals surface area contributed by atoms with Crippen LogP contribution in [0.25, 0.3) is 0 Å². The first-order valence-electron chi connectivity index (χ1n) is 14.6. The van der Waals surface area contributed by atoms with Crippen molar-refractivity contribution in [3.05, 3.63) is 124 Å². The average molecular weight is 653 g/mol. The van der Waals surface area contributed by atoms with E-state index in [2.05, 4.69) is 15.5 Å². The normalized spacial score (nSPS) is 14.2. The molecule has 0 saturated heterocycles. The number of rotatable bonds is 12. The lowest BCUT2D eigenvalue weighted by atomic mass is 10.0. The van der Waals surface area contributed by atoms with Crippen molar-refractivity contribution in [2.24, 2.45) is 5.10 Å². The van der Waals surface area contributed by atoms with Gasteiger partial charge in [-0.05, 0) is 59.0 Å². The van der Waals surface area contributed by atoms with Crippen molar-refractivity contribution in [3.8, 4) is 11.5 Å². The van der Waals surface area contributed by atoms with Gasteiger partial charge in [-0.2, -0.15) is 5.10 Å². The summed E-state index contributed by atoms with van der Waals surface area (Å²) in [6, 6.07) is 28.4. The Bertz CT molecular complexity index is 1810. The van der Waals surface area contributed by atoms with E-state index in [0.717, 1.165) is 27.5 Å². The zero-order valence-electron chi connectivity index (χ0n) is 25.3. The maximum Gasteiger partial charge on any atom is 0.253 e. The molecule has 2 amide bonds. The Labute approximate surface area is 275 Å². The van der Waals surface area contributed by atoms with E-state index in [0.29, 0.717) is 35.3 Å². The molecule has 1 aliphatic heterocycles. The Morgan fingerprint density at radius 1 is 0.913 bits per heavy atom. The number of aromatic nitrogens is 3. The van der Waals surface area contributed by atoms with Crippen LogP contribution in [-0.4, -0.2) is 57.3 Å². The topological polar surface area (TPSA) is 111 Å². The molecule has 6 rings (SSSR count). The second-order valence-corrected chi connectivity index (χ2v) is 12.3. The first-order valence-corrected chi connectivity index (χ1v) is 16.5. The highest BCUT2D eigenvalue weighted by Crippen LogP contribution is 2.35. The van der Waals surface area contributed by atoms with E-state index in [1.54, 1.807) is 54.8 Å². The number of benzene rings is 3. The minimum Gasteiger partial charge on any atom is -0.497 e. The zero-order valence-corrected chi connectivity index (χ0v) is 27.0. The molecule has 0 spiro atoms. The fraction of sp³-hybridized carbons (Fsp3) is 0.206. The summed E-state index contributed by atoms with van der Waals surface area (Å²) in [7, 11) is 3.21. The molecule has 5 aromatic rings. The van der Waals surface area contributed by atoms with Crippen LogP contribution in [0.3, 0.4) is 0 Å². The number of carbonyl (C=O) groups excluding carboxylic acids is 2. The van der Waals surface area contributed by atoms with Gasteiger partial charge in [-0.25, -0.2) is 5.01 Å². The second kappa shape index (κ2) is 14.4. The lowest BCUT2D eigenvalue weighted by molar-refractivity contribution is -0.130. The van der Waals surface area contributed by atoms with Crippen molar-refractivity contribution in [2.75, 3.05) is 20.0 Å². The number of amides is 2. The first kappa shape index (κ1) is 31.1. The van der Waals surface area contributed by atoms with Gasteiger partial charge in [-0.15, -0.1) is 21.5 Å². The fourth-order valence-electron chi connectivity index (χ4n) is 5.10. The highest BCUT2D eigenvalue weighted by molar-refractivity contribution is 7.99. The molecule has 0 radical (unpaired) electrons. The summed E-state index contributed by atoms with van der Waals surface area (Å²) in [5.74, 6) is 1.74. The van der Waals surface area contributed by atoms with Crippen LogP contribution in [-0.2, 0) is 17.9 Å². The number of nitrogens with one attached hydrogen (secondary N) is 1. The molecule has 2 aromatic heterocycles. The highest BCUT2D eigenvalue weighted by atomic mass is 32.2. The van der Waals surface area contributed by atoms with Gasteiger partial charge in [0.2, 0.25) is 0 Å². The average Bonchev–Trinajstić information content (AvgIpc) is 3.88. The lowest BCUT2D eigenvalue weighted by Crippen LogP contribution is -2.28. The summed E-state index contributed by atoms with van der Waals surface area (Å²) in [5.41, 5.74) is 3.42. The molecule has 3 heterocycles. The minimum atomic E-state index is -0.237. The van der Waals surface area contributed by atoms with Crippen LogP contribution in [0.15, 0.2) is 107 Å². The third kappa shape index (κ3) is 7.13. The van der Waals surface area contributed by atoms with E-state index in [-0.39, 0.29) is 30.2 Å². The summed E-state index contributed by atoms with van der Waals surface area (Å²) in [6.45, 7) is 0.649. The summed E-state index contributed by atoms with van der Waals surface area (Å²) in [5, 5.41) is 20.7. The Balaban J connectivity index is 1.20. The number of thiophene rings is 1. The van der Waals surface area contributed by atoms with Crippen LogP contribution in [0, 0.1) is 0 Å². The molecule has 1 N–H and O–H groups in total. The van der Waals surface area contributed by atoms with Gasteiger partial charge in [-0.1, -0.05) is 60.3 Å². The summed E-state index contributed by atoms with van der Waals surface area (Å²) in [4.78, 5) is 27.7. The Kier molecular flexibility index (Phi) is 9.75. The number of carbonyl (C=O) groups is 2. The van der Waals surface area contributed by atoms with Crippen molar-refractivity contribution in [3.63, 3.8) is 0 Å². The van der Waals surface area contributed by atoms with Crippen LogP contribution in [0.5, 0.6) is 11.5 Å². The molecule has 0 unspecified atom stereocenters. The molecule has 0 fully saturated rings. The van der Waals surface area contributed by atoms with Gasteiger partial charge < -0.3 is 19.4 Å². The Hall–Kier alpha value is -4.94. The smallest absolute Gasteiger partial charge is 0.253 e. The van der Waals surface area contributed by atoms with Crippen molar-refractivity contribution in [1.82, 2.24) is 25.1 Å². The molecule has 10 nitrogen and oxygen atoms in total. The Morgan fingerprint density at radius 3 is 2.30 bits per heavy atom. The van der Waals surface area contributed by atoms with E-state index in [4.69, 9.17) is 14.6 Å². The number of ether oxygens (including phenoxy) is 2. The van der Waals surface area contributed by atoms with Crippen molar-refractivity contribution in [2.45, 2.75) is 30.7 Å². The zero-order chi connectivity index (χ0) is 31.9. The number of thioether (sulfide) groups is 1. The predicted octanol–water partition coefficient (Wildman–Crippen LogP) is 5.81. The van der Waals surface area contributed by atoms with Crippen LogP contribution in [0.4, 0.5) is 0 Å². The maximum absolute atomic E-state index is 13.8. The third-order valence-electron chi connectivity index (χ3n) is 7.53. The van der Waals surface area contributed by atoms with E-state index < -0.39 is 0 Å². The molecular formula is C34H32N6O4S2. The minimum absolute atomic E-state index is 0.110. The number of nitrogens with zero attached hydrogens (tertiary/aromatic N) is 5. The van der Waals surface area contributed by atoms with Crippen LogP contribution < -0.4 is 14.8 Å². The van der Waals surface area contributed by atoms with Crippen molar-refractivity contribution in [1.29, 1.82) is 0 Å². The van der Waals surface area contributed by atoms with Gasteiger partial charge in [-0.3, -0.25) is 9.59 Å². The lowest BCUT2D eigenvalue weighted by Gasteiger charge is -2.22. The highest BCUT2D eigenvalue weighted by Gasteiger charge is 2.33. The molecule has 46 heavy (non-hydrogen) atoms. The van der Waals surface area contributed by atoms with Gasteiger partial charge >= 0.3 is 0 Å².